The molecular formula is C21H19ClO4. The fraction of sp³-hybridized carbons (Fsp3) is 0.238. The molecule has 0 aliphatic carbocycles. The van der Waals surface area contributed by atoms with Crippen LogP contribution < -0.4 is 10.2 Å². The minimum atomic E-state index is -0.460. The molecule has 0 N–H and O–H groups in total. The summed E-state index contributed by atoms with van der Waals surface area (Å²) in [7, 11) is 0. The van der Waals surface area contributed by atoms with Crippen molar-refractivity contribution < 1.29 is 13.9 Å². The van der Waals surface area contributed by atoms with Crippen molar-refractivity contribution in [3.05, 3.63) is 62.8 Å². The zero-order valence-corrected chi connectivity index (χ0v) is 15.6. The number of aryl methyl sites for hydroxylation is 2. The van der Waals surface area contributed by atoms with Crippen LogP contribution in [0, 0.1) is 13.8 Å². The van der Waals surface area contributed by atoms with Crippen LogP contribution in [0.4, 0.5) is 0 Å². The van der Waals surface area contributed by atoms with E-state index in [1.54, 1.807) is 30.3 Å². The second-order valence-corrected chi connectivity index (χ2v) is 6.69. The molecule has 1 aromatic heterocycles. The number of hydrogen-bond acceptors (Lipinski definition) is 4. The van der Waals surface area contributed by atoms with Crippen molar-refractivity contribution in [3.63, 3.8) is 0 Å². The molecule has 0 fully saturated rings. The van der Waals surface area contributed by atoms with Crippen molar-refractivity contribution in [1.29, 1.82) is 0 Å². The number of benzene rings is 2. The quantitative estimate of drug-likeness (QED) is 0.574. The van der Waals surface area contributed by atoms with Gasteiger partial charge in [0.1, 0.15) is 5.58 Å². The lowest BCUT2D eigenvalue weighted by molar-refractivity contribution is -0.134. The number of carbonyl (C=O) groups is 1. The van der Waals surface area contributed by atoms with E-state index in [1.807, 2.05) is 26.8 Å². The maximum atomic E-state index is 13.0. The summed E-state index contributed by atoms with van der Waals surface area (Å²) >= 11 is 5.95. The minimum absolute atomic E-state index is 0.0819. The summed E-state index contributed by atoms with van der Waals surface area (Å²) in [5, 5.41) is 0.956. The van der Waals surface area contributed by atoms with Gasteiger partial charge >= 0.3 is 5.97 Å². The van der Waals surface area contributed by atoms with Gasteiger partial charge in [-0.15, -0.1) is 0 Å². The third kappa shape index (κ3) is 3.51. The van der Waals surface area contributed by atoms with Crippen LogP contribution in [0.25, 0.3) is 22.3 Å². The van der Waals surface area contributed by atoms with Gasteiger partial charge in [-0.25, -0.2) is 0 Å². The van der Waals surface area contributed by atoms with Gasteiger partial charge in [-0.2, -0.15) is 0 Å². The Morgan fingerprint density at radius 2 is 1.77 bits per heavy atom. The van der Waals surface area contributed by atoms with Gasteiger partial charge < -0.3 is 9.15 Å². The molecule has 5 heteroatoms. The maximum Gasteiger partial charge on any atom is 0.311 e. The Hall–Kier alpha value is -2.59. The number of halogens is 1. The average Bonchev–Trinajstić information content (AvgIpc) is 2.60. The van der Waals surface area contributed by atoms with Crippen LogP contribution in [0.3, 0.4) is 0 Å². The first-order valence-electron chi connectivity index (χ1n) is 8.45. The van der Waals surface area contributed by atoms with Gasteiger partial charge in [0.15, 0.2) is 5.76 Å². The van der Waals surface area contributed by atoms with Crippen LogP contribution in [-0.2, 0) is 4.79 Å². The highest BCUT2D eigenvalue weighted by molar-refractivity contribution is 6.30. The lowest BCUT2D eigenvalue weighted by Crippen LogP contribution is -2.16. The van der Waals surface area contributed by atoms with Crippen LogP contribution in [0.15, 0.2) is 45.6 Å². The number of fused-ring (bicyclic) bond motifs is 1. The van der Waals surface area contributed by atoms with Crippen molar-refractivity contribution in [1.82, 2.24) is 0 Å². The summed E-state index contributed by atoms with van der Waals surface area (Å²) in [4.78, 5) is 25.1. The van der Waals surface area contributed by atoms with E-state index >= 15 is 0 Å². The van der Waals surface area contributed by atoms with Crippen molar-refractivity contribution in [3.8, 4) is 17.1 Å². The lowest BCUT2D eigenvalue weighted by atomic mass is 10.0. The molecule has 0 atom stereocenters. The molecule has 3 aromatic rings. The summed E-state index contributed by atoms with van der Waals surface area (Å²) in [5.74, 6) is -0.313. The molecule has 1 heterocycles. The molecule has 2 aromatic carbocycles. The van der Waals surface area contributed by atoms with E-state index < -0.39 is 5.97 Å². The Morgan fingerprint density at radius 3 is 2.42 bits per heavy atom. The SMILES string of the molecule is CCCC(=O)Oc1c(-c2ccc(Cl)cc2)oc2cc(C)c(C)cc2c1=O. The topological polar surface area (TPSA) is 56.5 Å². The molecule has 0 spiro atoms. The van der Waals surface area contributed by atoms with Crippen LogP contribution in [-0.4, -0.2) is 5.97 Å². The molecule has 0 radical (unpaired) electrons. The molecule has 0 aliphatic heterocycles. The number of rotatable bonds is 4. The lowest BCUT2D eigenvalue weighted by Gasteiger charge is -2.11. The first-order chi connectivity index (χ1) is 12.4. The zero-order valence-electron chi connectivity index (χ0n) is 14.9. The predicted octanol–water partition coefficient (Wildman–Crippen LogP) is 5.44. The van der Waals surface area contributed by atoms with Crippen LogP contribution in [0.5, 0.6) is 5.75 Å². The molecule has 0 bridgehead atoms. The Bertz CT molecular complexity index is 1030. The second kappa shape index (κ2) is 7.34. The van der Waals surface area contributed by atoms with Gasteiger partial charge in [0.25, 0.3) is 0 Å². The predicted molar refractivity (Wildman–Crippen MR) is 103 cm³/mol. The minimum Gasteiger partial charge on any atom is -0.452 e. The molecule has 4 nitrogen and oxygen atoms in total. The number of hydrogen-bond donors (Lipinski definition) is 0. The summed E-state index contributed by atoms with van der Waals surface area (Å²) in [5.41, 5.74) is 2.70. The average molecular weight is 371 g/mol. The van der Waals surface area contributed by atoms with E-state index in [0.717, 1.165) is 11.1 Å². The first kappa shape index (κ1) is 18.2. The Labute approximate surface area is 156 Å². The molecule has 0 aliphatic rings. The molecule has 134 valence electrons. The van der Waals surface area contributed by atoms with Gasteiger partial charge in [-0.1, -0.05) is 18.5 Å². The van der Waals surface area contributed by atoms with Gasteiger partial charge in [-0.3, -0.25) is 9.59 Å². The van der Waals surface area contributed by atoms with E-state index in [2.05, 4.69) is 0 Å². The van der Waals surface area contributed by atoms with E-state index in [4.69, 9.17) is 20.8 Å². The Morgan fingerprint density at radius 1 is 1.12 bits per heavy atom. The van der Waals surface area contributed by atoms with Gasteiger partial charge in [0.2, 0.25) is 11.2 Å². The van der Waals surface area contributed by atoms with E-state index in [9.17, 15) is 9.59 Å². The van der Waals surface area contributed by atoms with Crippen LogP contribution in [0.2, 0.25) is 5.02 Å². The summed E-state index contributed by atoms with van der Waals surface area (Å²) in [6.45, 7) is 5.74. The summed E-state index contributed by atoms with van der Waals surface area (Å²) in [6, 6.07) is 10.4. The van der Waals surface area contributed by atoms with Gasteiger partial charge in [-0.05, 0) is 67.8 Å². The smallest absolute Gasteiger partial charge is 0.311 e. The largest absolute Gasteiger partial charge is 0.452 e. The molecule has 0 unspecified atom stereocenters. The van der Waals surface area contributed by atoms with Crippen molar-refractivity contribution in [2.24, 2.45) is 0 Å². The van der Waals surface area contributed by atoms with E-state index in [1.165, 1.54) is 0 Å². The second-order valence-electron chi connectivity index (χ2n) is 6.25. The molecule has 0 saturated heterocycles. The van der Waals surface area contributed by atoms with Crippen LogP contribution >= 0.6 is 11.6 Å². The summed E-state index contributed by atoms with van der Waals surface area (Å²) < 4.78 is 11.4. The fourth-order valence-corrected chi connectivity index (χ4v) is 2.81. The molecule has 26 heavy (non-hydrogen) atoms. The van der Waals surface area contributed by atoms with Crippen molar-refractivity contribution in [2.75, 3.05) is 0 Å². The van der Waals surface area contributed by atoms with E-state index in [-0.39, 0.29) is 23.4 Å². The van der Waals surface area contributed by atoms with Gasteiger partial charge in [0, 0.05) is 17.0 Å². The zero-order chi connectivity index (χ0) is 18.8. The maximum absolute atomic E-state index is 13.0. The van der Waals surface area contributed by atoms with Gasteiger partial charge in [0.05, 0.1) is 5.39 Å². The van der Waals surface area contributed by atoms with Crippen molar-refractivity contribution in [2.45, 2.75) is 33.6 Å². The molecule has 0 amide bonds. The fourth-order valence-electron chi connectivity index (χ4n) is 2.69. The van der Waals surface area contributed by atoms with Crippen LogP contribution in [0.1, 0.15) is 30.9 Å². The third-order valence-electron chi connectivity index (χ3n) is 4.24. The Kier molecular flexibility index (Phi) is 5.14. The molecule has 3 rings (SSSR count). The number of carbonyl (C=O) groups excluding carboxylic acids is 1. The summed E-state index contributed by atoms with van der Waals surface area (Å²) in [6.07, 6.45) is 0.858. The number of esters is 1. The highest BCUT2D eigenvalue weighted by Gasteiger charge is 2.20. The third-order valence-corrected chi connectivity index (χ3v) is 4.49. The number of ether oxygens (including phenoxy) is 1. The highest BCUT2D eigenvalue weighted by Crippen LogP contribution is 2.32. The first-order valence-corrected chi connectivity index (χ1v) is 8.83. The van der Waals surface area contributed by atoms with Crippen molar-refractivity contribution >= 4 is 28.5 Å². The standard InChI is InChI=1S/C21H19ClO4/c1-4-5-18(23)26-21-19(24)16-10-12(2)13(3)11-17(16)25-20(21)14-6-8-15(22)9-7-14/h6-11H,4-5H2,1-3H3. The highest BCUT2D eigenvalue weighted by atomic mass is 35.5. The molecule has 0 saturated carbocycles. The van der Waals surface area contributed by atoms with E-state index in [0.29, 0.717) is 28.0 Å². The molecular weight excluding hydrogens is 352 g/mol. The Balaban J connectivity index is 2.28. The normalized spacial score (nSPS) is 10.9. The monoisotopic (exact) mass is 370 g/mol.